The van der Waals surface area contributed by atoms with Crippen LogP contribution in [0.2, 0.25) is 0 Å². The summed E-state index contributed by atoms with van der Waals surface area (Å²) in [7, 11) is -4.55. The third-order valence-corrected chi connectivity index (χ3v) is 4.96. The minimum atomic E-state index is -4.55. The van der Waals surface area contributed by atoms with Crippen LogP contribution in [0.5, 0.6) is 0 Å². The summed E-state index contributed by atoms with van der Waals surface area (Å²) in [4.78, 5) is 18.7. The highest BCUT2D eigenvalue weighted by Gasteiger charge is 2.49. The molecule has 1 aliphatic heterocycles. The van der Waals surface area contributed by atoms with E-state index in [1.165, 1.54) is 0 Å². The molecule has 0 radical (unpaired) electrons. The van der Waals surface area contributed by atoms with E-state index in [2.05, 4.69) is 0 Å². The molecule has 4 nitrogen and oxygen atoms in total. The van der Waals surface area contributed by atoms with Gasteiger partial charge >= 0.3 is 7.60 Å². The lowest BCUT2D eigenvalue weighted by molar-refractivity contribution is 0.103. The predicted molar refractivity (Wildman–Crippen MR) is 72.5 cm³/mol. The minimum absolute atomic E-state index is 0.282. The molecule has 0 aromatic carbocycles. The van der Waals surface area contributed by atoms with E-state index < -0.39 is 25.5 Å². The quantitative estimate of drug-likeness (QED) is 0.836. The highest BCUT2D eigenvalue weighted by Crippen LogP contribution is 2.54. The fourth-order valence-corrected chi connectivity index (χ4v) is 3.78. The second kappa shape index (κ2) is 4.93. The maximum atomic E-state index is 13.7. The minimum Gasteiger partial charge on any atom is -0.369 e. The predicted octanol–water partition coefficient (Wildman–Crippen LogP) is 2.75. The maximum Gasteiger partial charge on any atom is 0.334 e. The molecule has 3 unspecified atom stereocenters. The molecule has 0 bridgehead atoms. The Balaban J connectivity index is 2.03. The van der Waals surface area contributed by atoms with Crippen molar-refractivity contribution in [2.75, 3.05) is 6.61 Å². The van der Waals surface area contributed by atoms with Gasteiger partial charge in [-0.05, 0) is 28.8 Å². The molecule has 3 aliphatic rings. The Morgan fingerprint density at radius 1 is 1.15 bits per heavy atom. The van der Waals surface area contributed by atoms with Crippen molar-refractivity contribution < 1.29 is 23.5 Å². The Kier molecular flexibility index (Phi) is 3.38. The first-order chi connectivity index (χ1) is 9.47. The number of ether oxygens (including phenoxy) is 1. The van der Waals surface area contributed by atoms with Crippen molar-refractivity contribution in [2.45, 2.75) is 17.9 Å². The smallest absolute Gasteiger partial charge is 0.334 e. The Morgan fingerprint density at radius 2 is 1.75 bits per heavy atom. The standard InChI is InChI=1S/C14H14FO4P/c15-12-8-19-13(14(12)20(16,17)18)11-6-9-4-2-1-3-5-10(9)7-11/h1-7,12-14H,8H2,(H2,16,17,18). The van der Waals surface area contributed by atoms with E-state index in [-0.39, 0.29) is 6.61 Å². The van der Waals surface area contributed by atoms with Crippen LogP contribution in [0, 0.1) is 0 Å². The molecule has 1 fully saturated rings. The van der Waals surface area contributed by atoms with Gasteiger partial charge in [0.15, 0.2) is 0 Å². The van der Waals surface area contributed by atoms with Gasteiger partial charge in [0, 0.05) is 0 Å². The lowest BCUT2D eigenvalue weighted by atomic mass is 10.1. The van der Waals surface area contributed by atoms with E-state index in [0.717, 1.165) is 11.1 Å². The number of fused-ring (bicyclic) bond motifs is 1. The maximum absolute atomic E-state index is 13.7. The van der Waals surface area contributed by atoms with Gasteiger partial charge in [0.25, 0.3) is 0 Å². The molecule has 1 saturated heterocycles. The highest BCUT2D eigenvalue weighted by atomic mass is 31.2. The summed E-state index contributed by atoms with van der Waals surface area (Å²) < 4.78 is 30.5. The summed E-state index contributed by atoms with van der Waals surface area (Å²) in [6, 6.07) is 13.0. The van der Waals surface area contributed by atoms with Crippen LogP contribution in [0.4, 0.5) is 4.39 Å². The fraction of sp³-hybridized carbons (Fsp3) is 0.286. The lowest BCUT2D eigenvalue weighted by Gasteiger charge is -2.19. The molecule has 2 N–H and O–H groups in total. The van der Waals surface area contributed by atoms with Crippen LogP contribution in [0.3, 0.4) is 0 Å². The van der Waals surface area contributed by atoms with Gasteiger partial charge in [-0.1, -0.05) is 30.3 Å². The number of rotatable bonds is 2. The van der Waals surface area contributed by atoms with Crippen molar-refractivity contribution in [3.8, 4) is 11.1 Å². The average Bonchev–Trinajstić information content (AvgIpc) is 2.87. The molecular formula is C14H14FO4P. The molecule has 0 amide bonds. The van der Waals surface area contributed by atoms with Crippen molar-refractivity contribution >= 4 is 7.60 Å². The van der Waals surface area contributed by atoms with E-state index in [4.69, 9.17) is 4.74 Å². The van der Waals surface area contributed by atoms with Crippen molar-refractivity contribution in [1.29, 1.82) is 0 Å². The van der Waals surface area contributed by atoms with Gasteiger partial charge in [-0.15, -0.1) is 0 Å². The zero-order chi connectivity index (χ0) is 14.3. The summed E-state index contributed by atoms with van der Waals surface area (Å²) in [6.07, 6.45) is -2.54. The second-order valence-corrected chi connectivity index (χ2v) is 6.73. The Hall–Kier alpha value is -1.26. The number of hydrogen-bond donors (Lipinski definition) is 2. The van der Waals surface area contributed by atoms with E-state index in [1.54, 1.807) is 12.1 Å². The van der Waals surface area contributed by atoms with Crippen molar-refractivity contribution in [3.63, 3.8) is 0 Å². The summed E-state index contributed by atoms with van der Waals surface area (Å²) in [5.41, 5.74) is 1.05. The highest BCUT2D eigenvalue weighted by molar-refractivity contribution is 7.52. The molecule has 0 aromatic rings. The van der Waals surface area contributed by atoms with E-state index in [1.807, 2.05) is 30.3 Å². The zero-order valence-electron chi connectivity index (χ0n) is 10.5. The van der Waals surface area contributed by atoms with E-state index in [9.17, 15) is 18.7 Å². The first kappa shape index (κ1) is 13.7. The second-order valence-electron chi connectivity index (χ2n) is 4.96. The van der Waals surface area contributed by atoms with Crippen LogP contribution in [-0.4, -0.2) is 28.2 Å². The number of halogens is 1. The molecule has 0 aromatic heterocycles. The first-order valence-corrected chi connectivity index (χ1v) is 7.94. The summed E-state index contributed by atoms with van der Waals surface area (Å²) >= 11 is 0. The fourth-order valence-electron chi connectivity index (χ4n) is 2.67. The monoisotopic (exact) mass is 296 g/mol. The number of hydrogen-bond acceptors (Lipinski definition) is 2. The van der Waals surface area contributed by atoms with Crippen LogP contribution < -0.4 is 0 Å². The van der Waals surface area contributed by atoms with Gasteiger partial charge in [-0.25, -0.2) is 4.39 Å². The summed E-state index contributed by atoms with van der Waals surface area (Å²) in [5, 5.41) is 0. The topological polar surface area (TPSA) is 66.8 Å². The van der Waals surface area contributed by atoms with Gasteiger partial charge in [0.1, 0.15) is 11.8 Å². The largest absolute Gasteiger partial charge is 0.369 e. The first-order valence-electron chi connectivity index (χ1n) is 6.26. The molecule has 106 valence electrons. The van der Waals surface area contributed by atoms with Gasteiger partial charge < -0.3 is 14.5 Å². The molecular weight excluding hydrogens is 282 g/mol. The normalized spacial score (nSPS) is 27.1. The Labute approximate surface area is 115 Å². The molecule has 0 spiro atoms. The van der Waals surface area contributed by atoms with Crippen molar-refractivity contribution in [1.82, 2.24) is 0 Å². The van der Waals surface area contributed by atoms with E-state index >= 15 is 0 Å². The number of alkyl halides is 1. The van der Waals surface area contributed by atoms with Crippen LogP contribution >= 0.6 is 7.60 Å². The van der Waals surface area contributed by atoms with E-state index in [0.29, 0.717) is 5.56 Å². The van der Waals surface area contributed by atoms with Gasteiger partial charge in [0.05, 0.1) is 12.7 Å². The Morgan fingerprint density at radius 3 is 2.30 bits per heavy atom. The van der Waals surface area contributed by atoms with Crippen LogP contribution in [0.15, 0.2) is 42.5 Å². The summed E-state index contributed by atoms with van der Waals surface area (Å²) in [6.45, 7) is -0.282. The van der Waals surface area contributed by atoms with Gasteiger partial charge in [-0.2, -0.15) is 0 Å². The van der Waals surface area contributed by atoms with Gasteiger partial charge in [0.2, 0.25) is 0 Å². The molecule has 20 heavy (non-hydrogen) atoms. The molecule has 2 aliphatic carbocycles. The third-order valence-electron chi connectivity index (χ3n) is 3.58. The average molecular weight is 296 g/mol. The van der Waals surface area contributed by atoms with Crippen molar-refractivity contribution in [3.05, 3.63) is 48.0 Å². The van der Waals surface area contributed by atoms with Crippen LogP contribution in [0.25, 0.3) is 11.1 Å². The van der Waals surface area contributed by atoms with Crippen LogP contribution in [-0.2, 0) is 9.30 Å². The zero-order valence-corrected chi connectivity index (χ0v) is 11.4. The molecule has 6 heteroatoms. The van der Waals surface area contributed by atoms with Gasteiger partial charge in [-0.3, -0.25) is 4.57 Å². The van der Waals surface area contributed by atoms with Crippen LogP contribution in [0.1, 0.15) is 11.7 Å². The molecule has 3 atom stereocenters. The van der Waals surface area contributed by atoms with Crippen molar-refractivity contribution in [2.24, 2.45) is 0 Å². The SMILES string of the molecule is O=P(O)(O)C1C(F)COC1c1cc2cccccc-2c1. The summed E-state index contributed by atoms with van der Waals surface area (Å²) in [5.74, 6) is 0. The third kappa shape index (κ3) is 2.38. The Bertz CT molecular complexity index is 610. The molecule has 0 saturated carbocycles. The lowest BCUT2D eigenvalue weighted by Crippen LogP contribution is -2.22. The molecule has 1 heterocycles. The molecule has 3 rings (SSSR count).